The van der Waals surface area contributed by atoms with Crippen LogP contribution in [-0.2, 0) is 0 Å². The third kappa shape index (κ3) is 4.99. The zero-order valence-electron chi connectivity index (χ0n) is 6.09. The molecule has 0 unspecified atom stereocenters. The van der Waals surface area contributed by atoms with E-state index in [1.54, 1.807) is 0 Å². The average molecular weight is 236 g/mol. The summed E-state index contributed by atoms with van der Waals surface area (Å²) in [5.74, 6) is 0. The largest absolute Gasteiger partial charge is 0.335 e. The third-order valence-electron chi connectivity index (χ3n) is 0.997. The maximum Gasteiger partial charge on any atom is 0.335 e. The van der Waals surface area contributed by atoms with E-state index in [2.05, 4.69) is 0 Å². The van der Waals surface area contributed by atoms with Gasteiger partial charge in [0.15, 0.2) is 0 Å². The summed E-state index contributed by atoms with van der Waals surface area (Å²) >= 11 is 0. The van der Waals surface area contributed by atoms with Crippen LogP contribution in [0.5, 0.6) is 0 Å². The van der Waals surface area contributed by atoms with Gasteiger partial charge in [-0.2, -0.15) is 0 Å². The van der Waals surface area contributed by atoms with Crippen LogP contribution in [0, 0.1) is 0 Å². The van der Waals surface area contributed by atoms with Gasteiger partial charge in [-0.15, -0.1) is 0 Å². The van der Waals surface area contributed by atoms with Gasteiger partial charge >= 0.3 is 9.26 Å². The summed E-state index contributed by atoms with van der Waals surface area (Å²) in [5.41, 5.74) is 0. The van der Waals surface area contributed by atoms with Crippen molar-refractivity contribution in [1.82, 2.24) is 0 Å². The SMILES string of the molecule is FS(F)(F)(F)(F)Sc1ccccc1. The smallest absolute Gasteiger partial charge is 0.0885 e. The van der Waals surface area contributed by atoms with E-state index in [9.17, 15) is 19.4 Å². The molecule has 0 atom stereocenters. The Balaban J connectivity index is 2.96. The van der Waals surface area contributed by atoms with Crippen molar-refractivity contribution in [3.63, 3.8) is 0 Å². The second-order valence-electron chi connectivity index (χ2n) is 2.29. The summed E-state index contributed by atoms with van der Waals surface area (Å²) in [6, 6.07) is 5.97. The second kappa shape index (κ2) is 2.33. The van der Waals surface area contributed by atoms with Crippen LogP contribution in [0.3, 0.4) is 0 Å². The second-order valence-corrected chi connectivity index (χ2v) is 7.12. The van der Waals surface area contributed by atoms with E-state index in [4.69, 9.17) is 0 Å². The number of benzene rings is 1. The van der Waals surface area contributed by atoms with E-state index in [1.807, 2.05) is 0 Å². The lowest BCUT2D eigenvalue weighted by molar-refractivity contribution is 0.402. The fourth-order valence-corrected chi connectivity index (χ4v) is 2.71. The van der Waals surface area contributed by atoms with Crippen molar-refractivity contribution in [1.29, 1.82) is 0 Å². The molecule has 0 aliphatic heterocycles. The molecule has 0 saturated heterocycles. The Morgan fingerprint density at radius 3 is 1.69 bits per heavy atom. The Morgan fingerprint density at radius 2 is 1.31 bits per heavy atom. The highest BCUT2D eigenvalue weighted by Gasteiger charge is 2.64. The molecule has 0 aliphatic rings. The van der Waals surface area contributed by atoms with Crippen molar-refractivity contribution in [3.05, 3.63) is 30.3 Å². The molecule has 0 nitrogen and oxygen atoms in total. The molecule has 0 radical (unpaired) electrons. The summed E-state index contributed by atoms with van der Waals surface area (Å²) in [7, 11) is -10.7. The Hall–Kier alpha value is -0.430. The molecule has 0 amide bonds. The van der Waals surface area contributed by atoms with Gasteiger partial charge in [-0.1, -0.05) is 37.6 Å². The fourth-order valence-electron chi connectivity index (χ4n) is 0.658. The molecule has 0 fully saturated rings. The molecule has 76 valence electrons. The number of rotatable bonds is 2. The molecule has 1 aromatic rings. The van der Waals surface area contributed by atoms with Gasteiger partial charge < -0.3 is 0 Å². The number of hydrogen-bond acceptors (Lipinski definition) is 1. The molecule has 0 bridgehead atoms. The van der Waals surface area contributed by atoms with Gasteiger partial charge in [0.2, 0.25) is 0 Å². The first-order chi connectivity index (χ1) is 5.55. The molecular weight excluding hydrogens is 231 g/mol. The van der Waals surface area contributed by atoms with Gasteiger partial charge in [-0.05, 0) is 12.1 Å². The summed E-state index contributed by atoms with van der Waals surface area (Å²) in [6.07, 6.45) is 0. The maximum absolute atomic E-state index is 11.9. The van der Waals surface area contributed by atoms with Crippen molar-refractivity contribution in [3.8, 4) is 0 Å². The Morgan fingerprint density at radius 1 is 0.846 bits per heavy atom. The predicted octanol–water partition coefficient (Wildman–Crippen LogP) is 4.99. The fraction of sp³-hybridized carbons (Fsp3) is 0. The van der Waals surface area contributed by atoms with Crippen LogP contribution in [0.1, 0.15) is 0 Å². The molecule has 1 aromatic carbocycles. The average Bonchev–Trinajstić information content (AvgIpc) is 1.82. The third-order valence-corrected chi connectivity index (χ3v) is 3.30. The minimum absolute atomic E-state index is 0.498. The summed E-state index contributed by atoms with van der Waals surface area (Å²) in [5, 5.41) is 0. The molecule has 13 heavy (non-hydrogen) atoms. The summed E-state index contributed by atoms with van der Waals surface area (Å²) < 4.78 is 59.3. The highest BCUT2D eigenvalue weighted by molar-refractivity contribution is 9.02. The van der Waals surface area contributed by atoms with E-state index < -0.39 is 24.9 Å². The lowest BCUT2D eigenvalue weighted by atomic mass is 10.4. The predicted molar refractivity (Wildman–Crippen MR) is 45.4 cm³/mol. The Labute approximate surface area is 75.3 Å². The van der Waals surface area contributed by atoms with Gasteiger partial charge in [0.25, 0.3) is 0 Å². The van der Waals surface area contributed by atoms with E-state index in [-0.39, 0.29) is 0 Å². The van der Waals surface area contributed by atoms with Gasteiger partial charge in [-0.25, -0.2) is 0 Å². The van der Waals surface area contributed by atoms with Crippen LogP contribution in [0.4, 0.5) is 19.4 Å². The monoisotopic (exact) mass is 236 g/mol. The van der Waals surface area contributed by atoms with Crippen LogP contribution in [-0.4, -0.2) is 0 Å². The first-order valence-corrected chi connectivity index (χ1v) is 6.34. The standard InChI is InChI=1S/C6H5F5S2/c7-13(8,9,10,11)12-6-4-2-1-3-5-6/h1-5H. The van der Waals surface area contributed by atoms with Crippen LogP contribution >= 0.6 is 20.0 Å². The topological polar surface area (TPSA) is 0 Å². The van der Waals surface area contributed by atoms with Crippen molar-refractivity contribution in [2.45, 2.75) is 4.90 Å². The van der Waals surface area contributed by atoms with Crippen LogP contribution in [0.25, 0.3) is 0 Å². The Bertz CT molecular complexity index is 301. The van der Waals surface area contributed by atoms with Crippen molar-refractivity contribution in [2.24, 2.45) is 0 Å². The molecule has 0 saturated carbocycles. The Kier molecular flexibility index (Phi) is 1.91. The van der Waals surface area contributed by atoms with E-state index >= 15 is 0 Å². The van der Waals surface area contributed by atoms with Crippen LogP contribution in [0.15, 0.2) is 35.2 Å². The number of hydrogen-bond donors (Lipinski definition) is 0. The molecule has 0 N–H and O–H groups in total. The molecule has 0 aliphatic carbocycles. The lowest BCUT2D eigenvalue weighted by Gasteiger charge is -2.38. The molecular formula is C6H5F5S2. The maximum atomic E-state index is 11.9. The summed E-state index contributed by atoms with van der Waals surface area (Å²) in [6.45, 7) is 0. The van der Waals surface area contributed by atoms with Gasteiger partial charge in [0.05, 0.1) is 0 Å². The summed E-state index contributed by atoms with van der Waals surface area (Å²) in [4.78, 5) is -0.498. The molecule has 0 spiro atoms. The highest BCUT2D eigenvalue weighted by Crippen LogP contribution is 3.06. The first kappa shape index (κ1) is 10.6. The van der Waals surface area contributed by atoms with Gasteiger partial charge in [0.1, 0.15) is 0 Å². The number of halogens is 5. The van der Waals surface area contributed by atoms with Crippen molar-refractivity contribution >= 4 is 20.0 Å². The quantitative estimate of drug-likeness (QED) is 0.514. The molecule has 0 heterocycles. The first-order valence-electron chi connectivity index (χ1n) is 3.05. The van der Waals surface area contributed by atoms with Crippen molar-refractivity contribution in [2.75, 3.05) is 0 Å². The van der Waals surface area contributed by atoms with Crippen LogP contribution < -0.4 is 0 Å². The minimum atomic E-state index is -9.37. The van der Waals surface area contributed by atoms with Gasteiger partial charge in [0, 0.05) is 15.7 Å². The molecule has 7 heteroatoms. The molecule has 0 aromatic heterocycles. The van der Waals surface area contributed by atoms with E-state index in [0.717, 1.165) is 12.1 Å². The minimum Gasteiger partial charge on any atom is -0.0885 e. The van der Waals surface area contributed by atoms with E-state index in [1.165, 1.54) is 18.2 Å². The molecule has 1 rings (SSSR count). The highest BCUT2D eigenvalue weighted by atomic mass is 33.3. The zero-order valence-corrected chi connectivity index (χ0v) is 7.73. The van der Waals surface area contributed by atoms with Gasteiger partial charge in [-0.3, -0.25) is 0 Å². The van der Waals surface area contributed by atoms with Crippen molar-refractivity contribution < 1.29 is 19.4 Å². The van der Waals surface area contributed by atoms with Crippen LogP contribution in [0.2, 0.25) is 0 Å². The van der Waals surface area contributed by atoms with E-state index in [0.29, 0.717) is 0 Å². The zero-order chi connectivity index (χ0) is 10.2. The normalized spacial score (nSPS) is 17.6. The lowest BCUT2D eigenvalue weighted by Crippen LogP contribution is -1.97.